The fourth-order valence-electron chi connectivity index (χ4n) is 2.09. The predicted octanol–water partition coefficient (Wildman–Crippen LogP) is 0.257. The summed E-state index contributed by atoms with van der Waals surface area (Å²) in [4.78, 5) is 4.50. The van der Waals surface area contributed by atoms with Crippen molar-refractivity contribution in [1.82, 2.24) is 15.4 Å². The van der Waals surface area contributed by atoms with Gasteiger partial charge in [-0.15, -0.1) is 0 Å². The molecule has 0 spiro atoms. The van der Waals surface area contributed by atoms with Gasteiger partial charge in [0.15, 0.2) is 5.96 Å². The fourth-order valence-corrected chi connectivity index (χ4v) is 2.60. The lowest BCUT2D eigenvalue weighted by molar-refractivity contribution is 0.268. The highest BCUT2D eigenvalue weighted by Crippen LogP contribution is 2.14. The Kier molecular flexibility index (Phi) is 9.36. The Morgan fingerprint density at radius 3 is 2.50 bits per heavy atom. The van der Waals surface area contributed by atoms with Gasteiger partial charge in [0, 0.05) is 25.6 Å². The molecule has 0 aliphatic heterocycles. The van der Waals surface area contributed by atoms with Crippen LogP contribution in [0.15, 0.2) is 35.3 Å². The number of rotatable bonds is 10. The molecule has 0 amide bonds. The van der Waals surface area contributed by atoms with Crippen molar-refractivity contribution in [1.29, 1.82) is 0 Å². The zero-order valence-corrected chi connectivity index (χ0v) is 15.1. The topological polar surface area (TPSA) is 103 Å². The van der Waals surface area contributed by atoms with E-state index in [0.29, 0.717) is 32.0 Å². The number of hydrogen-bond donors (Lipinski definition) is 4. The molecule has 0 aliphatic carbocycles. The highest BCUT2D eigenvalue weighted by molar-refractivity contribution is 7.88. The maximum Gasteiger partial charge on any atom is 0.208 e. The third-order valence-corrected chi connectivity index (χ3v) is 4.04. The minimum Gasteiger partial charge on any atom is -0.396 e. The van der Waals surface area contributed by atoms with Gasteiger partial charge in [-0.05, 0) is 18.9 Å². The van der Waals surface area contributed by atoms with Gasteiger partial charge in [0.25, 0.3) is 0 Å². The number of guanidine groups is 1. The van der Waals surface area contributed by atoms with E-state index in [9.17, 15) is 13.5 Å². The van der Waals surface area contributed by atoms with Gasteiger partial charge >= 0.3 is 0 Å². The number of nitrogens with one attached hydrogen (secondary N) is 3. The van der Waals surface area contributed by atoms with Crippen LogP contribution >= 0.6 is 0 Å². The summed E-state index contributed by atoms with van der Waals surface area (Å²) in [6.07, 6.45) is 1.80. The summed E-state index contributed by atoms with van der Waals surface area (Å²) in [7, 11) is -3.14. The van der Waals surface area contributed by atoms with Crippen LogP contribution in [0, 0.1) is 0 Å². The molecule has 7 nitrogen and oxygen atoms in total. The number of hydrogen-bond acceptors (Lipinski definition) is 4. The molecule has 0 aromatic heterocycles. The minimum absolute atomic E-state index is 0.0329. The van der Waals surface area contributed by atoms with E-state index in [-0.39, 0.29) is 12.5 Å². The van der Waals surface area contributed by atoms with Crippen molar-refractivity contribution in [2.45, 2.75) is 19.3 Å². The van der Waals surface area contributed by atoms with E-state index in [1.165, 1.54) is 0 Å². The molecule has 8 heteroatoms. The number of sulfonamides is 1. The first-order chi connectivity index (χ1) is 11.5. The number of nitrogens with zero attached hydrogens (tertiary/aromatic N) is 1. The summed E-state index contributed by atoms with van der Waals surface area (Å²) in [5.41, 5.74) is 1.05. The Bertz CT molecular complexity index is 591. The zero-order chi connectivity index (χ0) is 17.8. The van der Waals surface area contributed by atoms with Crippen LogP contribution in [-0.2, 0) is 10.0 Å². The van der Waals surface area contributed by atoms with E-state index >= 15 is 0 Å². The van der Waals surface area contributed by atoms with Gasteiger partial charge in [-0.2, -0.15) is 0 Å². The van der Waals surface area contributed by atoms with Crippen LogP contribution in [0.3, 0.4) is 0 Å². The van der Waals surface area contributed by atoms with Crippen LogP contribution in [0.5, 0.6) is 0 Å². The van der Waals surface area contributed by atoms with Crippen LogP contribution in [0.1, 0.15) is 24.8 Å². The second-order valence-electron chi connectivity index (χ2n) is 5.46. The summed E-state index contributed by atoms with van der Waals surface area (Å²) < 4.78 is 24.4. The van der Waals surface area contributed by atoms with E-state index in [1.807, 2.05) is 37.3 Å². The molecule has 1 aromatic carbocycles. The zero-order valence-electron chi connectivity index (χ0n) is 14.3. The highest BCUT2D eigenvalue weighted by atomic mass is 32.2. The molecule has 0 aliphatic rings. The SMILES string of the molecule is CCNC(=NCC(CO)c1ccccc1)NCCCNS(C)(=O)=O. The van der Waals surface area contributed by atoms with Crippen LogP contribution in [0.4, 0.5) is 0 Å². The van der Waals surface area contributed by atoms with Crippen LogP contribution < -0.4 is 15.4 Å². The Balaban J connectivity index is 2.49. The summed E-state index contributed by atoms with van der Waals surface area (Å²) in [5.74, 6) is 0.611. The van der Waals surface area contributed by atoms with Crippen molar-refractivity contribution < 1.29 is 13.5 Å². The normalized spacial score (nSPS) is 13.5. The molecule has 0 bridgehead atoms. The van der Waals surface area contributed by atoms with Crippen molar-refractivity contribution in [3.63, 3.8) is 0 Å². The summed E-state index contributed by atoms with van der Waals surface area (Å²) in [6.45, 7) is 4.19. The van der Waals surface area contributed by atoms with Gasteiger partial charge < -0.3 is 15.7 Å². The quantitative estimate of drug-likeness (QED) is 0.274. The molecule has 1 rings (SSSR count). The van der Waals surface area contributed by atoms with E-state index in [2.05, 4.69) is 20.3 Å². The number of aliphatic imine (C=N–C) groups is 1. The van der Waals surface area contributed by atoms with Crippen molar-refractivity contribution in [2.75, 3.05) is 39.0 Å². The number of aliphatic hydroxyl groups is 1. The van der Waals surface area contributed by atoms with Crippen molar-refractivity contribution in [3.8, 4) is 0 Å². The van der Waals surface area contributed by atoms with Crippen molar-refractivity contribution in [3.05, 3.63) is 35.9 Å². The molecule has 24 heavy (non-hydrogen) atoms. The summed E-state index contributed by atoms with van der Waals surface area (Å²) >= 11 is 0. The molecule has 0 saturated heterocycles. The maximum atomic E-state index is 11.0. The van der Waals surface area contributed by atoms with Gasteiger partial charge in [0.1, 0.15) is 0 Å². The Labute approximate surface area is 144 Å². The molecular weight excluding hydrogens is 328 g/mol. The van der Waals surface area contributed by atoms with Gasteiger partial charge in [-0.3, -0.25) is 4.99 Å². The van der Waals surface area contributed by atoms with Crippen LogP contribution in [0.25, 0.3) is 0 Å². The summed E-state index contributed by atoms with van der Waals surface area (Å²) in [6, 6.07) is 9.79. The Morgan fingerprint density at radius 1 is 1.21 bits per heavy atom. The second-order valence-corrected chi connectivity index (χ2v) is 7.29. The second kappa shape index (κ2) is 11.0. The first-order valence-electron chi connectivity index (χ1n) is 8.09. The molecule has 0 fully saturated rings. The number of aliphatic hydroxyl groups excluding tert-OH is 1. The predicted molar refractivity (Wildman–Crippen MR) is 97.7 cm³/mol. The van der Waals surface area contributed by atoms with E-state index in [0.717, 1.165) is 18.4 Å². The van der Waals surface area contributed by atoms with Crippen molar-refractivity contribution in [2.24, 2.45) is 4.99 Å². The monoisotopic (exact) mass is 356 g/mol. The molecular formula is C16H28N4O3S. The highest BCUT2D eigenvalue weighted by Gasteiger charge is 2.09. The van der Waals surface area contributed by atoms with Crippen LogP contribution in [0.2, 0.25) is 0 Å². The maximum absolute atomic E-state index is 11.0. The molecule has 136 valence electrons. The molecule has 1 aromatic rings. The smallest absolute Gasteiger partial charge is 0.208 e. The van der Waals surface area contributed by atoms with Crippen molar-refractivity contribution >= 4 is 16.0 Å². The standard InChI is InChI=1S/C16H28N4O3S/c1-3-17-16(18-10-7-11-20-24(2,22)23)19-12-15(13-21)14-8-5-4-6-9-14/h4-6,8-9,15,20-21H,3,7,10-13H2,1-2H3,(H2,17,18,19). The molecule has 0 radical (unpaired) electrons. The Hall–Kier alpha value is -1.64. The molecule has 0 saturated carbocycles. The molecule has 0 heterocycles. The first kappa shape index (κ1) is 20.4. The first-order valence-corrected chi connectivity index (χ1v) is 9.98. The molecule has 4 N–H and O–H groups in total. The third-order valence-electron chi connectivity index (χ3n) is 3.32. The summed E-state index contributed by atoms with van der Waals surface area (Å²) in [5, 5.41) is 15.9. The molecule has 1 atom stereocenters. The lowest BCUT2D eigenvalue weighted by Gasteiger charge is -2.15. The Morgan fingerprint density at radius 2 is 1.92 bits per heavy atom. The average Bonchev–Trinajstić information content (AvgIpc) is 2.55. The lowest BCUT2D eigenvalue weighted by Crippen LogP contribution is -2.39. The van der Waals surface area contributed by atoms with Gasteiger partial charge in [0.05, 0.1) is 19.4 Å². The lowest BCUT2D eigenvalue weighted by atomic mass is 10.0. The third kappa shape index (κ3) is 8.85. The average molecular weight is 356 g/mol. The molecule has 1 unspecified atom stereocenters. The van der Waals surface area contributed by atoms with Crippen LogP contribution in [-0.4, -0.2) is 58.5 Å². The van der Waals surface area contributed by atoms with E-state index < -0.39 is 10.0 Å². The van der Waals surface area contributed by atoms with E-state index in [1.54, 1.807) is 0 Å². The van der Waals surface area contributed by atoms with E-state index in [4.69, 9.17) is 0 Å². The number of benzene rings is 1. The van der Waals surface area contributed by atoms with Gasteiger partial charge in [-0.25, -0.2) is 13.1 Å². The minimum atomic E-state index is -3.14. The fraction of sp³-hybridized carbons (Fsp3) is 0.562. The largest absolute Gasteiger partial charge is 0.396 e. The van der Waals surface area contributed by atoms with Gasteiger partial charge in [0.2, 0.25) is 10.0 Å². The van der Waals surface area contributed by atoms with Gasteiger partial charge in [-0.1, -0.05) is 30.3 Å².